The molecule has 1 aliphatic heterocycles. The number of fused-ring (bicyclic) bond motifs is 1. The predicted molar refractivity (Wildman–Crippen MR) is 60.9 cm³/mol. The molecule has 0 aliphatic carbocycles. The average molecular weight is 190 g/mol. The normalized spacial score (nSPS) is 19.9. The molecular formula is C12H18N2. The van der Waals surface area contributed by atoms with Gasteiger partial charge in [-0.25, -0.2) is 0 Å². The van der Waals surface area contributed by atoms with Crippen molar-refractivity contribution in [2.75, 3.05) is 24.5 Å². The van der Waals surface area contributed by atoms with Crippen molar-refractivity contribution in [2.24, 2.45) is 5.73 Å². The van der Waals surface area contributed by atoms with Gasteiger partial charge >= 0.3 is 0 Å². The van der Waals surface area contributed by atoms with E-state index in [-0.39, 0.29) is 0 Å². The lowest BCUT2D eigenvalue weighted by Crippen LogP contribution is -2.27. The number of nitrogens with two attached hydrogens (primary N) is 1. The van der Waals surface area contributed by atoms with Gasteiger partial charge in [0.1, 0.15) is 0 Å². The highest BCUT2D eigenvalue weighted by Crippen LogP contribution is 2.35. The van der Waals surface area contributed by atoms with E-state index in [1.165, 1.54) is 16.8 Å². The molecule has 1 unspecified atom stereocenters. The lowest BCUT2D eigenvalue weighted by atomic mass is 10.0. The SMILES string of the molecule is Cc1ccc2c(c1)C(C)CN2CCN. The zero-order valence-corrected chi connectivity index (χ0v) is 8.96. The molecule has 2 nitrogen and oxygen atoms in total. The fraction of sp³-hybridized carbons (Fsp3) is 0.500. The first-order chi connectivity index (χ1) is 6.72. The maximum atomic E-state index is 5.60. The molecule has 0 saturated heterocycles. The lowest BCUT2D eigenvalue weighted by Gasteiger charge is -2.18. The zero-order valence-electron chi connectivity index (χ0n) is 8.96. The first-order valence-corrected chi connectivity index (χ1v) is 5.28. The highest BCUT2D eigenvalue weighted by molar-refractivity contribution is 5.61. The summed E-state index contributed by atoms with van der Waals surface area (Å²) >= 11 is 0. The molecule has 2 heteroatoms. The molecule has 1 atom stereocenters. The molecule has 1 aromatic rings. The fourth-order valence-corrected chi connectivity index (χ4v) is 2.25. The fourth-order valence-electron chi connectivity index (χ4n) is 2.25. The van der Waals surface area contributed by atoms with Crippen LogP contribution in [0.1, 0.15) is 24.0 Å². The van der Waals surface area contributed by atoms with Crippen LogP contribution in [0.5, 0.6) is 0 Å². The van der Waals surface area contributed by atoms with Crippen LogP contribution in [-0.4, -0.2) is 19.6 Å². The molecule has 14 heavy (non-hydrogen) atoms. The molecule has 0 spiro atoms. The van der Waals surface area contributed by atoms with Crippen molar-refractivity contribution < 1.29 is 0 Å². The minimum absolute atomic E-state index is 0.649. The summed E-state index contributed by atoms with van der Waals surface area (Å²) in [5.74, 6) is 0.649. The Morgan fingerprint density at radius 3 is 3.00 bits per heavy atom. The highest BCUT2D eigenvalue weighted by Gasteiger charge is 2.24. The minimum atomic E-state index is 0.649. The van der Waals surface area contributed by atoms with Crippen molar-refractivity contribution in [3.05, 3.63) is 29.3 Å². The molecule has 2 rings (SSSR count). The molecule has 76 valence electrons. The Hall–Kier alpha value is -1.02. The summed E-state index contributed by atoms with van der Waals surface area (Å²) in [5, 5.41) is 0. The van der Waals surface area contributed by atoms with Gasteiger partial charge in [-0.3, -0.25) is 0 Å². The van der Waals surface area contributed by atoms with E-state index in [0.717, 1.165) is 19.6 Å². The Balaban J connectivity index is 2.34. The second kappa shape index (κ2) is 3.62. The quantitative estimate of drug-likeness (QED) is 0.771. The summed E-state index contributed by atoms with van der Waals surface area (Å²) in [4.78, 5) is 2.39. The molecule has 2 N–H and O–H groups in total. The van der Waals surface area contributed by atoms with Crippen molar-refractivity contribution in [2.45, 2.75) is 19.8 Å². The Morgan fingerprint density at radius 1 is 1.50 bits per heavy atom. The Kier molecular flexibility index (Phi) is 2.46. The van der Waals surface area contributed by atoms with Gasteiger partial charge in [-0.1, -0.05) is 24.6 Å². The van der Waals surface area contributed by atoms with Gasteiger partial charge < -0.3 is 10.6 Å². The minimum Gasteiger partial charge on any atom is -0.369 e. The zero-order chi connectivity index (χ0) is 10.1. The number of hydrogen-bond donors (Lipinski definition) is 1. The van der Waals surface area contributed by atoms with Crippen molar-refractivity contribution in [3.8, 4) is 0 Å². The molecule has 1 aromatic carbocycles. The van der Waals surface area contributed by atoms with Gasteiger partial charge in [-0.2, -0.15) is 0 Å². The average Bonchev–Trinajstić information content (AvgIpc) is 2.44. The third kappa shape index (κ3) is 1.50. The molecule has 0 bridgehead atoms. The van der Waals surface area contributed by atoms with Crippen molar-refractivity contribution in [3.63, 3.8) is 0 Å². The second-order valence-electron chi connectivity index (χ2n) is 4.20. The van der Waals surface area contributed by atoms with E-state index in [1.807, 2.05) is 0 Å². The number of anilines is 1. The van der Waals surface area contributed by atoms with Crippen LogP contribution in [-0.2, 0) is 0 Å². The summed E-state index contributed by atoms with van der Waals surface area (Å²) in [7, 11) is 0. The first-order valence-electron chi connectivity index (χ1n) is 5.28. The third-order valence-corrected chi connectivity index (χ3v) is 2.95. The second-order valence-corrected chi connectivity index (χ2v) is 4.20. The number of hydrogen-bond acceptors (Lipinski definition) is 2. The van der Waals surface area contributed by atoms with E-state index in [4.69, 9.17) is 5.73 Å². The lowest BCUT2D eigenvalue weighted by molar-refractivity contribution is 0.744. The first kappa shape index (κ1) is 9.53. The summed E-state index contributed by atoms with van der Waals surface area (Å²) in [6.45, 7) is 7.27. The molecule has 1 aliphatic rings. The summed E-state index contributed by atoms with van der Waals surface area (Å²) in [5.41, 5.74) is 9.82. The van der Waals surface area contributed by atoms with Crippen LogP contribution in [0, 0.1) is 6.92 Å². The molecule has 0 aromatic heterocycles. The van der Waals surface area contributed by atoms with Crippen LogP contribution < -0.4 is 10.6 Å². The van der Waals surface area contributed by atoms with Crippen LogP contribution >= 0.6 is 0 Å². The third-order valence-electron chi connectivity index (χ3n) is 2.95. The predicted octanol–water partition coefficient (Wildman–Crippen LogP) is 1.88. The van der Waals surface area contributed by atoms with E-state index in [2.05, 4.69) is 36.9 Å². The maximum absolute atomic E-state index is 5.60. The summed E-state index contributed by atoms with van der Waals surface area (Å²) < 4.78 is 0. The Bertz CT molecular complexity index is 333. The van der Waals surface area contributed by atoms with Gasteiger partial charge in [-0.05, 0) is 18.6 Å². The van der Waals surface area contributed by atoms with Gasteiger partial charge in [0.25, 0.3) is 0 Å². The molecule has 0 saturated carbocycles. The molecular weight excluding hydrogens is 172 g/mol. The largest absolute Gasteiger partial charge is 0.369 e. The maximum Gasteiger partial charge on any atom is 0.0403 e. The van der Waals surface area contributed by atoms with Gasteiger partial charge in [0, 0.05) is 31.2 Å². The van der Waals surface area contributed by atoms with Crippen molar-refractivity contribution in [1.82, 2.24) is 0 Å². The number of aryl methyl sites for hydroxylation is 1. The van der Waals surface area contributed by atoms with Crippen LogP contribution in [0.15, 0.2) is 18.2 Å². The Labute approximate surface area is 85.7 Å². The summed E-state index contributed by atoms with van der Waals surface area (Å²) in [6.07, 6.45) is 0. The monoisotopic (exact) mass is 190 g/mol. The van der Waals surface area contributed by atoms with Gasteiger partial charge in [0.05, 0.1) is 0 Å². The van der Waals surface area contributed by atoms with Crippen LogP contribution in [0.2, 0.25) is 0 Å². The van der Waals surface area contributed by atoms with E-state index < -0.39 is 0 Å². The smallest absolute Gasteiger partial charge is 0.0403 e. The van der Waals surface area contributed by atoms with E-state index in [0.29, 0.717) is 5.92 Å². The number of rotatable bonds is 2. The topological polar surface area (TPSA) is 29.3 Å². The number of benzene rings is 1. The van der Waals surface area contributed by atoms with Crippen LogP contribution in [0.25, 0.3) is 0 Å². The molecule has 0 fully saturated rings. The molecule has 1 heterocycles. The van der Waals surface area contributed by atoms with E-state index in [9.17, 15) is 0 Å². The molecule has 0 radical (unpaired) electrons. The number of nitrogens with zero attached hydrogens (tertiary/aromatic N) is 1. The van der Waals surface area contributed by atoms with Crippen molar-refractivity contribution >= 4 is 5.69 Å². The highest BCUT2D eigenvalue weighted by atomic mass is 15.2. The van der Waals surface area contributed by atoms with Gasteiger partial charge in [0.2, 0.25) is 0 Å². The molecule has 0 amide bonds. The van der Waals surface area contributed by atoms with Crippen LogP contribution in [0.4, 0.5) is 5.69 Å². The van der Waals surface area contributed by atoms with Gasteiger partial charge in [0.15, 0.2) is 0 Å². The standard InChI is InChI=1S/C12H18N2/c1-9-3-4-12-11(7-9)10(2)8-14(12)6-5-13/h3-4,7,10H,5-6,8,13H2,1-2H3. The Morgan fingerprint density at radius 2 is 2.29 bits per heavy atom. The van der Waals surface area contributed by atoms with Gasteiger partial charge in [-0.15, -0.1) is 0 Å². The van der Waals surface area contributed by atoms with E-state index in [1.54, 1.807) is 0 Å². The van der Waals surface area contributed by atoms with Crippen LogP contribution in [0.3, 0.4) is 0 Å². The summed E-state index contributed by atoms with van der Waals surface area (Å²) in [6, 6.07) is 6.71. The van der Waals surface area contributed by atoms with Crippen molar-refractivity contribution in [1.29, 1.82) is 0 Å². The van der Waals surface area contributed by atoms with E-state index >= 15 is 0 Å².